The molecule has 0 N–H and O–H groups in total. The van der Waals surface area contributed by atoms with E-state index < -0.39 is 15.8 Å². The molecule has 0 aliphatic heterocycles. The molecule has 0 radical (unpaired) electrons. The summed E-state index contributed by atoms with van der Waals surface area (Å²) in [6.45, 7) is 0.617. The average molecular weight is 369 g/mol. The Balaban J connectivity index is 1.87. The summed E-state index contributed by atoms with van der Waals surface area (Å²) in [5.41, 5.74) is 1.98. The fraction of sp³-hybridized carbons (Fsp3) is 0.143. The Kier molecular flexibility index (Phi) is 5.81. The predicted octanol–water partition coefficient (Wildman–Crippen LogP) is 4.26. The van der Waals surface area contributed by atoms with E-state index in [9.17, 15) is 12.8 Å². The van der Waals surface area contributed by atoms with E-state index in [4.69, 9.17) is 0 Å². The molecule has 0 unspecified atom stereocenters. The fourth-order valence-corrected chi connectivity index (χ4v) is 4.15. The summed E-state index contributed by atoms with van der Waals surface area (Å²) in [6, 6.07) is 24.2. The van der Waals surface area contributed by atoms with Gasteiger partial charge in [0.1, 0.15) is 5.82 Å². The molecule has 0 aliphatic rings. The normalized spacial score (nSPS) is 11.6. The minimum absolute atomic E-state index is 0.0999. The van der Waals surface area contributed by atoms with Gasteiger partial charge in [0.25, 0.3) is 0 Å². The van der Waals surface area contributed by atoms with Crippen LogP contribution in [-0.2, 0) is 23.0 Å². The van der Waals surface area contributed by atoms with E-state index in [0.29, 0.717) is 13.0 Å². The summed E-state index contributed by atoms with van der Waals surface area (Å²) in [7, 11) is -3.72. The van der Waals surface area contributed by atoms with Gasteiger partial charge in [-0.3, -0.25) is 0 Å². The van der Waals surface area contributed by atoms with Crippen LogP contribution in [0, 0.1) is 5.82 Å². The SMILES string of the molecule is O=S(=O)(c1ccc(F)cc1)N(CCc1ccccc1)Cc1ccccc1. The molecule has 3 aromatic carbocycles. The first-order valence-electron chi connectivity index (χ1n) is 8.39. The molecule has 0 spiro atoms. The van der Waals surface area contributed by atoms with Gasteiger partial charge in [-0.25, -0.2) is 12.8 Å². The van der Waals surface area contributed by atoms with Crippen molar-refractivity contribution in [1.82, 2.24) is 4.31 Å². The Bertz CT molecular complexity index is 927. The van der Waals surface area contributed by atoms with E-state index in [0.717, 1.165) is 11.1 Å². The van der Waals surface area contributed by atoms with Crippen LogP contribution in [0.3, 0.4) is 0 Å². The van der Waals surface area contributed by atoms with Gasteiger partial charge >= 0.3 is 0 Å². The molecule has 0 aromatic heterocycles. The number of sulfonamides is 1. The number of hydrogen-bond donors (Lipinski definition) is 0. The lowest BCUT2D eigenvalue weighted by Gasteiger charge is -2.22. The second kappa shape index (κ2) is 8.25. The predicted molar refractivity (Wildman–Crippen MR) is 101 cm³/mol. The van der Waals surface area contributed by atoms with Gasteiger partial charge in [-0.15, -0.1) is 0 Å². The first-order valence-corrected chi connectivity index (χ1v) is 9.83. The molecule has 3 nitrogen and oxygen atoms in total. The van der Waals surface area contributed by atoms with Crippen molar-refractivity contribution in [2.24, 2.45) is 0 Å². The fourth-order valence-electron chi connectivity index (χ4n) is 2.73. The van der Waals surface area contributed by atoms with Crippen LogP contribution in [0.1, 0.15) is 11.1 Å². The van der Waals surface area contributed by atoms with Crippen molar-refractivity contribution < 1.29 is 12.8 Å². The number of benzene rings is 3. The molecule has 0 aliphatic carbocycles. The molecule has 0 heterocycles. The van der Waals surface area contributed by atoms with E-state index in [1.165, 1.54) is 28.6 Å². The molecule has 0 fully saturated rings. The zero-order chi connectivity index (χ0) is 18.4. The highest BCUT2D eigenvalue weighted by molar-refractivity contribution is 7.89. The molecular formula is C21H20FNO2S. The molecule has 0 saturated carbocycles. The van der Waals surface area contributed by atoms with Crippen LogP contribution in [0.4, 0.5) is 4.39 Å². The van der Waals surface area contributed by atoms with Gasteiger partial charge in [0.2, 0.25) is 10.0 Å². The quantitative estimate of drug-likeness (QED) is 0.624. The van der Waals surface area contributed by atoms with Crippen molar-refractivity contribution in [3.05, 3.63) is 102 Å². The lowest BCUT2D eigenvalue weighted by Crippen LogP contribution is -2.32. The smallest absolute Gasteiger partial charge is 0.207 e. The van der Waals surface area contributed by atoms with Gasteiger partial charge in [0.05, 0.1) is 4.90 Å². The molecule has 3 aromatic rings. The lowest BCUT2D eigenvalue weighted by molar-refractivity contribution is 0.409. The second-order valence-corrected chi connectivity index (χ2v) is 7.95. The first-order chi connectivity index (χ1) is 12.6. The Morgan fingerprint density at radius 1 is 0.731 bits per heavy atom. The van der Waals surface area contributed by atoms with Crippen LogP contribution in [0.2, 0.25) is 0 Å². The van der Waals surface area contributed by atoms with Crippen LogP contribution in [0.25, 0.3) is 0 Å². The third kappa shape index (κ3) is 4.56. The van der Waals surface area contributed by atoms with Gasteiger partial charge < -0.3 is 0 Å². The monoisotopic (exact) mass is 369 g/mol. The van der Waals surface area contributed by atoms with Gasteiger partial charge in [-0.05, 0) is 41.8 Å². The van der Waals surface area contributed by atoms with Crippen LogP contribution < -0.4 is 0 Å². The average Bonchev–Trinajstić information content (AvgIpc) is 2.67. The number of halogens is 1. The molecule has 0 saturated heterocycles. The number of rotatable bonds is 7. The summed E-state index contributed by atoms with van der Waals surface area (Å²) in [5.74, 6) is -0.456. The third-order valence-electron chi connectivity index (χ3n) is 4.15. The van der Waals surface area contributed by atoms with Gasteiger partial charge in [0, 0.05) is 13.1 Å². The summed E-state index contributed by atoms with van der Waals surface area (Å²) < 4.78 is 40.8. The Labute approximate surface area is 153 Å². The molecule has 0 bridgehead atoms. The van der Waals surface area contributed by atoms with Crippen molar-refractivity contribution in [2.75, 3.05) is 6.54 Å². The maximum absolute atomic E-state index is 13.2. The van der Waals surface area contributed by atoms with Gasteiger partial charge in [0.15, 0.2) is 0 Å². The highest BCUT2D eigenvalue weighted by Crippen LogP contribution is 2.19. The van der Waals surface area contributed by atoms with Crippen molar-refractivity contribution in [2.45, 2.75) is 17.9 Å². The van der Waals surface area contributed by atoms with Crippen LogP contribution in [0.15, 0.2) is 89.8 Å². The zero-order valence-corrected chi connectivity index (χ0v) is 15.1. The summed E-state index contributed by atoms with van der Waals surface area (Å²) in [5, 5.41) is 0. The Morgan fingerprint density at radius 3 is 1.85 bits per heavy atom. The largest absolute Gasteiger partial charge is 0.243 e. The number of hydrogen-bond acceptors (Lipinski definition) is 2. The maximum Gasteiger partial charge on any atom is 0.243 e. The van der Waals surface area contributed by atoms with E-state index >= 15 is 0 Å². The molecular weight excluding hydrogens is 349 g/mol. The molecule has 26 heavy (non-hydrogen) atoms. The molecule has 0 amide bonds. The van der Waals surface area contributed by atoms with Crippen molar-refractivity contribution in [3.63, 3.8) is 0 Å². The van der Waals surface area contributed by atoms with Crippen molar-refractivity contribution in [1.29, 1.82) is 0 Å². The standard InChI is InChI=1S/C21H20FNO2S/c22-20-11-13-21(14-12-20)26(24,25)23(17-19-9-5-2-6-10-19)16-15-18-7-3-1-4-8-18/h1-14H,15-17H2. The maximum atomic E-state index is 13.2. The Hall–Kier alpha value is -2.50. The third-order valence-corrected chi connectivity index (χ3v) is 6.01. The molecule has 134 valence electrons. The van der Waals surface area contributed by atoms with E-state index in [2.05, 4.69) is 0 Å². The molecule has 0 atom stereocenters. The van der Waals surface area contributed by atoms with E-state index in [-0.39, 0.29) is 11.4 Å². The van der Waals surface area contributed by atoms with Crippen LogP contribution in [-0.4, -0.2) is 19.3 Å². The van der Waals surface area contributed by atoms with Gasteiger partial charge in [-0.2, -0.15) is 4.31 Å². The topological polar surface area (TPSA) is 37.4 Å². The summed E-state index contributed by atoms with van der Waals surface area (Å²) in [6.07, 6.45) is 0.605. The molecule has 5 heteroatoms. The second-order valence-electron chi connectivity index (χ2n) is 6.01. The van der Waals surface area contributed by atoms with Crippen LogP contribution >= 0.6 is 0 Å². The Morgan fingerprint density at radius 2 is 1.27 bits per heavy atom. The van der Waals surface area contributed by atoms with E-state index in [1.54, 1.807) is 0 Å². The van der Waals surface area contributed by atoms with Crippen molar-refractivity contribution in [3.8, 4) is 0 Å². The highest BCUT2D eigenvalue weighted by Gasteiger charge is 2.24. The van der Waals surface area contributed by atoms with Gasteiger partial charge in [-0.1, -0.05) is 60.7 Å². The first kappa shape index (κ1) is 18.3. The minimum Gasteiger partial charge on any atom is -0.207 e. The molecule has 3 rings (SSSR count). The summed E-state index contributed by atoms with van der Waals surface area (Å²) in [4.78, 5) is 0.0999. The zero-order valence-electron chi connectivity index (χ0n) is 14.3. The van der Waals surface area contributed by atoms with Crippen LogP contribution in [0.5, 0.6) is 0 Å². The highest BCUT2D eigenvalue weighted by atomic mass is 32.2. The lowest BCUT2D eigenvalue weighted by atomic mass is 10.1. The minimum atomic E-state index is -3.72. The number of nitrogens with zero attached hydrogens (tertiary/aromatic N) is 1. The summed E-state index contributed by atoms with van der Waals surface area (Å²) >= 11 is 0. The van der Waals surface area contributed by atoms with E-state index in [1.807, 2.05) is 60.7 Å². The van der Waals surface area contributed by atoms with Crippen molar-refractivity contribution >= 4 is 10.0 Å².